The van der Waals surface area contributed by atoms with Crippen molar-refractivity contribution in [1.29, 1.82) is 0 Å². The second-order valence-corrected chi connectivity index (χ2v) is 3.63. The lowest BCUT2D eigenvalue weighted by Crippen LogP contribution is -2.47. The summed E-state index contributed by atoms with van der Waals surface area (Å²) in [5.74, 6) is -1.15. The van der Waals surface area contributed by atoms with Crippen LogP contribution in [0.1, 0.15) is 0 Å². The molecule has 0 aliphatic carbocycles. The highest BCUT2D eigenvalue weighted by Crippen LogP contribution is 2.15. The minimum atomic E-state index is -4.65. The zero-order valence-corrected chi connectivity index (χ0v) is 9.65. The average Bonchev–Trinajstić information content (AvgIpc) is 2.09. The minimum absolute atomic E-state index is 0.562. The summed E-state index contributed by atoms with van der Waals surface area (Å²) < 4.78 is 70.7. The first-order valence-corrected chi connectivity index (χ1v) is 4.79. The molecular formula is C8H11F6N3O2. The molecule has 0 unspecified atom stereocenters. The van der Waals surface area contributed by atoms with Gasteiger partial charge < -0.3 is 5.32 Å². The molecule has 0 heterocycles. The van der Waals surface area contributed by atoms with Gasteiger partial charge in [-0.05, 0) is 7.05 Å². The first-order valence-electron chi connectivity index (χ1n) is 4.79. The van der Waals surface area contributed by atoms with Gasteiger partial charge in [-0.3, -0.25) is 15.0 Å². The average molecular weight is 295 g/mol. The number of carbonyl (C=O) groups is 2. The van der Waals surface area contributed by atoms with Crippen molar-refractivity contribution < 1.29 is 35.9 Å². The highest BCUT2D eigenvalue weighted by Gasteiger charge is 2.30. The van der Waals surface area contributed by atoms with E-state index < -0.39 is 43.9 Å². The molecule has 0 aromatic heterocycles. The Balaban J connectivity index is 4.01. The van der Waals surface area contributed by atoms with E-state index in [0.717, 1.165) is 7.05 Å². The summed E-state index contributed by atoms with van der Waals surface area (Å²) >= 11 is 0. The van der Waals surface area contributed by atoms with Gasteiger partial charge in [-0.2, -0.15) is 26.3 Å². The van der Waals surface area contributed by atoms with E-state index in [9.17, 15) is 35.9 Å². The largest absolute Gasteiger partial charge is 0.405 e. The van der Waals surface area contributed by atoms with Crippen molar-refractivity contribution in [3.63, 3.8) is 0 Å². The maximum Gasteiger partial charge on any atom is 0.405 e. The Morgan fingerprint density at radius 1 is 1.05 bits per heavy atom. The summed E-state index contributed by atoms with van der Waals surface area (Å²) in [5, 5.41) is 2.81. The van der Waals surface area contributed by atoms with Gasteiger partial charge in [-0.15, -0.1) is 0 Å². The van der Waals surface area contributed by atoms with E-state index in [0.29, 0.717) is 4.90 Å². The molecule has 0 atom stereocenters. The zero-order chi connectivity index (χ0) is 15.3. The second-order valence-electron chi connectivity index (χ2n) is 3.63. The molecule has 0 aromatic rings. The number of imide groups is 1. The summed E-state index contributed by atoms with van der Waals surface area (Å²) in [5.41, 5.74) is 0. The quantitative estimate of drug-likeness (QED) is 0.757. The van der Waals surface area contributed by atoms with Crippen molar-refractivity contribution in [3.05, 3.63) is 0 Å². The molecule has 11 heteroatoms. The van der Waals surface area contributed by atoms with Crippen LogP contribution < -0.4 is 10.6 Å². The van der Waals surface area contributed by atoms with Crippen molar-refractivity contribution in [2.45, 2.75) is 12.4 Å². The molecule has 0 saturated heterocycles. The SMILES string of the molecule is CN(CC(=O)NC(=O)NCC(F)(F)F)CC(F)(F)F. The van der Waals surface area contributed by atoms with E-state index in [1.165, 1.54) is 10.6 Å². The smallest absolute Gasteiger partial charge is 0.329 e. The van der Waals surface area contributed by atoms with Crippen LogP contribution in [0.15, 0.2) is 0 Å². The van der Waals surface area contributed by atoms with E-state index in [1.54, 1.807) is 0 Å². The van der Waals surface area contributed by atoms with Gasteiger partial charge in [0.05, 0.1) is 13.1 Å². The van der Waals surface area contributed by atoms with Crippen LogP contribution in [-0.2, 0) is 4.79 Å². The number of urea groups is 1. The fourth-order valence-electron chi connectivity index (χ4n) is 0.998. The summed E-state index contributed by atoms with van der Waals surface area (Å²) in [4.78, 5) is 22.4. The molecule has 2 N–H and O–H groups in total. The molecule has 3 amide bonds. The number of rotatable bonds is 4. The fourth-order valence-corrected chi connectivity index (χ4v) is 0.998. The molecule has 5 nitrogen and oxygen atoms in total. The van der Waals surface area contributed by atoms with Gasteiger partial charge in [-0.25, -0.2) is 4.79 Å². The van der Waals surface area contributed by atoms with Crippen molar-refractivity contribution in [2.24, 2.45) is 0 Å². The number of likely N-dealkylation sites (N-methyl/N-ethyl adjacent to an activating group) is 1. The van der Waals surface area contributed by atoms with Gasteiger partial charge in [0.1, 0.15) is 6.54 Å². The molecule has 19 heavy (non-hydrogen) atoms. The molecule has 0 aliphatic rings. The van der Waals surface area contributed by atoms with Gasteiger partial charge in [0.15, 0.2) is 0 Å². The lowest BCUT2D eigenvalue weighted by molar-refractivity contribution is -0.145. The number of nitrogens with zero attached hydrogens (tertiary/aromatic N) is 1. The molecular weight excluding hydrogens is 284 g/mol. The number of halogens is 6. The fraction of sp³-hybridized carbons (Fsp3) is 0.750. The molecule has 0 spiro atoms. The van der Waals surface area contributed by atoms with Gasteiger partial charge in [0, 0.05) is 0 Å². The maximum atomic E-state index is 11.9. The second kappa shape index (κ2) is 6.59. The molecule has 0 saturated carbocycles. The van der Waals surface area contributed by atoms with Gasteiger partial charge in [-0.1, -0.05) is 0 Å². The number of nitrogens with one attached hydrogen (secondary N) is 2. The molecule has 0 radical (unpaired) electrons. The van der Waals surface area contributed by atoms with E-state index in [2.05, 4.69) is 0 Å². The topological polar surface area (TPSA) is 61.4 Å². The van der Waals surface area contributed by atoms with Crippen molar-refractivity contribution in [2.75, 3.05) is 26.7 Å². The van der Waals surface area contributed by atoms with Crippen LogP contribution in [0.4, 0.5) is 31.1 Å². The highest BCUT2D eigenvalue weighted by atomic mass is 19.4. The molecule has 0 aliphatic heterocycles. The highest BCUT2D eigenvalue weighted by molar-refractivity contribution is 5.95. The van der Waals surface area contributed by atoms with Gasteiger partial charge >= 0.3 is 18.4 Å². The van der Waals surface area contributed by atoms with Gasteiger partial charge in [0.25, 0.3) is 0 Å². The summed E-state index contributed by atoms with van der Waals surface area (Å²) in [6, 6.07) is -1.43. The molecule has 0 aromatic carbocycles. The van der Waals surface area contributed by atoms with E-state index >= 15 is 0 Å². The Kier molecular flexibility index (Phi) is 6.06. The van der Waals surface area contributed by atoms with Crippen LogP contribution in [0.3, 0.4) is 0 Å². The summed E-state index contributed by atoms with van der Waals surface area (Å²) in [6.45, 7) is -3.81. The number of hydrogen-bond acceptors (Lipinski definition) is 3. The maximum absolute atomic E-state index is 11.9. The zero-order valence-electron chi connectivity index (χ0n) is 9.65. The van der Waals surface area contributed by atoms with Crippen molar-refractivity contribution >= 4 is 11.9 Å². The monoisotopic (exact) mass is 295 g/mol. The van der Waals surface area contributed by atoms with E-state index in [1.807, 2.05) is 0 Å². The van der Waals surface area contributed by atoms with Crippen LogP contribution >= 0.6 is 0 Å². The van der Waals surface area contributed by atoms with Crippen LogP contribution in [0.25, 0.3) is 0 Å². The lowest BCUT2D eigenvalue weighted by Gasteiger charge is -2.17. The van der Waals surface area contributed by atoms with Crippen molar-refractivity contribution in [1.82, 2.24) is 15.5 Å². The standard InChI is InChI=1S/C8H11F6N3O2/c1-17(4-8(12,13)14)2-5(18)16-6(19)15-3-7(9,10)11/h2-4H2,1H3,(H2,15,16,18,19). The van der Waals surface area contributed by atoms with Crippen molar-refractivity contribution in [3.8, 4) is 0 Å². The van der Waals surface area contributed by atoms with Gasteiger partial charge in [0.2, 0.25) is 5.91 Å². The minimum Gasteiger partial charge on any atom is -0.329 e. The number of hydrogen-bond donors (Lipinski definition) is 2. The van der Waals surface area contributed by atoms with E-state index in [-0.39, 0.29) is 0 Å². The van der Waals surface area contributed by atoms with Crippen LogP contribution in [0.5, 0.6) is 0 Å². The summed E-state index contributed by atoms with van der Waals surface area (Å²) in [7, 11) is 0.973. The van der Waals surface area contributed by atoms with Crippen LogP contribution in [-0.4, -0.2) is 55.9 Å². The Morgan fingerprint density at radius 2 is 1.58 bits per heavy atom. The van der Waals surface area contributed by atoms with Crippen LogP contribution in [0.2, 0.25) is 0 Å². The third kappa shape index (κ3) is 11.3. The predicted molar refractivity (Wildman–Crippen MR) is 51.1 cm³/mol. The summed E-state index contributed by atoms with van der Waals surface area (Å²) in [6.07, 6.45) is -9.17. The molecule has 0 bridgehead atoms. The first-order chi connectivity index (χ1) is 8.39. The third-order valence-electron chi connectivity index (χ3n) is 1.57. The Labute approximate surface area is 103 Å². The number of carbonyl (C=O) groups excluding carboxylic acids is 2. The number of amides is 3. The first kappa shape index (κ1) is 17.5. The van der Waals surface area contributed by atoms with Crippen LogP contribution in [0, 0.1) is 0 Å². The third-order valence-corrected chi connectivity index (χ3v) is 1.57. The Morgan fingerprint density at radius 3 is 2.00 bits per heavy atom. The Hall–Kier alpha value is -1.52. The predicted octanol–water partition coefficient (Wildman–Crippen LogP) is 0.869. The number of alkyl halides is 6. The molecule has 0 rings (SSSR count). The van der Waals surface area contributed by atoms with E-state index in [4.69, 9.17) is 0 Å². The lowest BCUT2D eigenvalue weighted by atomic mass is 10.4. The Bertz CT molecular complexity index is 327. The molecule has 0 fully saturated rings. The normalized spacial score (nSPS) is 12.4. The molecule has 112 valence electrons.